The summed E-state index contributed by atoms with van der Waals surface area (Å²) in [6.45, 7) is 0.125. The van der Waals surface area contributed by atoms with Gasteiger partial charge in [0.2, 0.25) is 5.91 Å². The van der Waals surface area contributed by atoms with Crippen LogP contribution < -0.4 is 10.1 Å². The topological polar surface area (TPSA) is 82.5 Å². The molecule has 3 aromatic rings. The minimum absolute atomic E-state index is 0.00744. The van der Waals surface area contributed by atoms with Gasteiger partial charge in [0.15, 0.2) is 5.16 Å². The zero-order valence-corrected chi connectivity index (χ0v) is 17.0. The van der Waals surface area contributed by atoms with Crippen LogP contribution in [-0.4, -0.2) is 40.4 Å². The van der Waals surface area contributed by atoms with Crippen molar-refractivity contribution >= 4 is 29.3 Å². The number of hydrogen-bond donors (Lipinski definition) is 1. The van der Waals surface area contributed by atoms with E-state index in [9.17, 15) is 14.0 Å². The number of ether oxygens (including phenoxy) is 2. The van der Waals surface area contributed by atoms with E-state index in [1.807, 2.05) is 11.6 Å². The predicted octanol–water partition coefficient (Wildman–Crippen LogP) is 3.53. The van der Waals surface area contributed by atoms with Gasteiger partial charge in [-0.15, -0.1) is 0 Å². The number of amides is 1. The fourth-order valence-corrected chi connectivity index (χ4v) is 3.21. The molecule has 0 fully saturated rings. The summed E-state index contributed by atoms with van der Waals surface area (Å²) in [5, 5.41) is 3.45. The second kappa shape index (κ2) is 10.4. The van der Waals surface area contributed by atoms with Crippen molar-refractivity contribution in [2.75, 3.05) is 24.3 Å². The molecule has 0 spiro atoms. The van der Waals surface area contributed by atoms with Crippen molar-refractivity contribution in [2.24, 2.45) is 7.05 Å². The number of hydrogen-bond acceptors (Lipinski definition) is 6. The molecule has 1 heterocycles. The van der Waals surface area contributed by atoms with Crippen molar-refractivity contribution in [3.8, 4) is 5.75 Å². The second-order valence-corrected chi connectivity index (χ2v) is 7.08. The summed E-state index contributed by atoms with van der Waals surface area (Å²) in [5.74, 6) is -0.566. The van der Waals surface area contributed by atoms with Crippen LogP contribution in [0.5, 0.6) is 5.75 Å². The summed E-state index contributed by atoms with van der Waals surface area (Å²) < 4.78 is 25.3. The van der Waals surface area contributed by atoms with Gasteiger partial charge in [0.1, 0.15) is 24.8 Å². The number of aromatic nitrogens is 2. The van der Waals surface area contributed by atoms with E-state index in [0.29, 0.717) is 11.4 Å². The molecule has 0 radical (unpaired) electrons. The number of anilines is 1. The molecule has 7 nitrogen and oxygen atoms in total. The predicted molar refractivity (Wildman–Crippen MR) is 111 cm³/mol. The third-order valence-corrected chi connectivity index (χ3v) is 4.99. The smallest absolute Gasteiger partial charge is 0.340 e. The highest BCUT2D eigenvalue weighted by molar-refractivity contribution is 7.99. The fraction of sp³-hybridized carbons (Fsp3) is 0.190. The molecule has 156 valence electrons. The van der Waals surface area contributed by atoms with Crippen LogP contribution in [0.15, 0.2) is 66.1 Å². The molecule has 0 unspecified atom stereocenters. The molecular weight excluding hydrogens is 409 g/mol. The lowest BCUT2D eigenvalue weighted by molar-refractivity contribution is -0.113. The number of para-hydroxylation sites is 1. The van der Waals surface area contributed by atoms with Crippen LogP contribution >= 0.6 is 11.8 Å². The molecule has 0 aliphatic rings. The van der Waals surface area contributed by atoms with E-state index in [4.69, 9.17) is 9.47 Å². The number of carbonyl (C=O) groups is 2. The molecular formula is C21H20FN3O4S. The zero-order chi connectivity index (χ0) is 21.3. The van der Waals surface area contributed by atoms with Gasteiger partial charge in [-0.1, -0.05) is 23.9 Å². The van der Waals surface area contributed by atoms with E-state index in [1.54, 1.807) is 36.7 Å². The lowest BCUT2D eigenvalue weighted by Gasteiger charge is -2.11. The molecule has 0 atom stereocenters. The summed E-state index contributed by atoms with van der Waals surface area (Å²) >= 11 is 1.29. The highest BCUT2D eigenvalue weighted by Gasteiger charge is 2.15. The number of nitrogens with one attached hydrogen (secondary N) is 1. The largest absolute Gasteiger partial charge is 0.490 e. The van der Waals surface area contributed by atoms with Gasteiger partial charge in [-0.3, -0.25) is 4.79 Å². The zero-order valence-electron chi connectivity index (χ0n) is 16.2. The SMILES string of the molecule is Cn1ccnc1SCC(=O)Nc1ccccc1C(=O)OCCOc1ccc(F)cc1. The number of benzene rings is 2. The molecule has 3 rings (SSSR count). The molecule has 1 amide bonds. The van der Waals surface area contributed by atoms with E-state index in [-0.39, 0.29) is 36.3 Å². The van der Waals surface area contributed by atoms with Gasteiger partial charge in [-0.2, -0.15) is 0 Å². The van der Waals surface area contributed by atoms with Crippen LogP contribution in [0, 0.1) is 5.82 Å². The van der Waals surface area contributed by atoms with Gasteiger partial charge in [0.05, 0.1) is 17.0 Å². The first-order chi connectivity index (χ1) is 14.5. The monoisotopic (exact) mass is 429 g/mol. The quantitative estimate of drug-likeness (QED) is 0.318. The van der Waals surface area contributed by atoms with Crippen molar-refractivity contribution < 1.29 is 23.5 Å². The van der Waals surface area contributed by atoms with Gasteiger partial charge in [0.25, 0.3) is 0 Å². The lowest BCUT2D eigenvalue weighted by Crippen LogP contribution is -2.18. The Morgan fingerprint density at radius 3 is 2.63 bits per heavy atom. The third-order valence-electron chi connectivity index (χ3n) is 3.93. The Morgan fingerprint density at radius 2 is 1.90 bits per heavy atom. The Morgan fingerprint density at radius 1 is 1.13 bits per heavy atom. The Kier molecular flexibility index (Phi) is 7.45. The summed E-state index contributed by atoms with van der Waals surface area (Å²) in [6, 6.07) is 12.2. The first-order valence-electron chi connectivity index (χ1n) is 9.07. The summed E-state index contributed by atoms with van der Waals surface area (Å²) in [5.41, 5.74) is 0.613. The number of aryl methyl sites for hydroxylation is 1. The van der Waals surface area contributed by atoms with Gasteiger partial charge in [-0.25, -0.2) is 14.2 Å². The standard InChI is InChI=1S/C21H20FN3O4S/c1-25-11-10-23-21(25)30-14-19(26)24-18-5-3-2-4-17(18)20(27)29-13-12-28-16-8-6-15(22)7-9-16/h2-11H,12-14H2,1H3,(H,24,26). The third kappa shape index (κ3) is 6.08. The molecule has 1 N–H and O–H groups in total. The molecule has 0 saturated heterocycles. The van der Waals surface area contributed by atoms with Gasteiger partial charge in [-0.05, 0) is 36.4 Å². The lowest BCUT2D eigenvalue weighted by atomic mass is 10.2. The number of esters is 1. The average Bonchev–Trinajstić information content (AvgIpc) is 3.16. The van der Waals surface area contributed by atoms with Crippen LogP contribution in [0.1, 0.15) is 10.4 Å². The van der Waals surface area contributed by atoms with Crippen molar-refractivity contribution in [3.63, 3.8) is 0 Å². The van der Waals surface area contributed by atoms with Gasteiger partial charge >= 0.3 is 5.97 Å². The minimum atomic E-state index is -0.578. The van der Waals surface area contributed by atoms with Crippen molar-refractivity contribution in [3.05, 3.63) is 72.3 Å². The summed E-state index contributed by atoms with van der Waals surface area (Å²) in [7, 11) is 1.85. The van der Waals surface area contributed by atoms with E-state index in [0.717, 1.165) is 5.16 Å². The van der Waals surface area contributed by atoms with E-state index in [2.05, 4.69) is 10.3 Å². The highest BCUT2D eigenvalue weighted by atomic mass is 32.2. The average molecular weight is 429 g/mol. The number of halogens is 1. The number of thioether (sulfide) groups is 1. The first-order valence-corrected chi connectivity index (χ1v) is 10.1. The maximum atomic E-state index is 12.9. The minimum Gasteiger partial charge on any atom is -0.490 e. The maximum absolute atomic E-state index is 12.9. The Balaban J connectivity index is 1.49. The Hall–Kier alpha value is -3.33. The van der Waals surface area contributed by atoms with E-state index >= 15 is 0 Å². The molecule has 0 bridgehead atoms. The van der Waals surface area contributed by atoms with Gasteiger partial charge < -0.3 is 19.4 Å². The molecule has 1 aromatic heterocycles. The van der Waals surface area contributed by atoms with Crippen LogP contribution in [0.25, 0.3) is 0 Å². The first kappa shape index (κ1) is 21.4. The Labute approximate surface area is 177 Å². The molecule has 9 heteroatoms. The number of carbonyl (C=O) groups excluding carboxylic acids is 2. The summed E-state index contributed by atoms with van der Waals surface area (Å²) in [4.78, 5) is 28.8. The summed E-state index contributed by atoms with van der Waals surface area (Å²) in [6.07, 6.45) is 3.46. The number of nitrogens with zero attached hydrogens (tertiary/aromatic N) is 2. The van der Waals surface area contributed by atoms with Crippen LogP contribution in [0.4, 0.5) is 10.1 Å². The van der Waals surface area contributed by atoms with Crippen molar-refractivity contribution in [1.82, 2.24) is 9.55 Å². The number of imidazole rings is 1. The number of rotatable bonds is 9. The van der Waals surface area contributed by atoms with Gasteiger partial charge in [0, 0.05) is 19.4 Å². The molecule has 0 aliphatic carbocycles. The van der Waals surface area contributed by atoms with E-state index in [1.165, 1.54) is 36.0 Å². The van der Waals surface area contributed by atoms with Crippen molar-refractivity contribution in [2.45, 2.75) is 5.16 Å². The molecule has 0 aliphatic heterocycles. The van der Waals surface area contributed by atoms with Crippen LogP contribution in [0.3, 0.4) is 0 Å². The molecule has 2 aromatic carbocycles. The van der Waals surface area contributed by atoms with Crippen molar-refractivity contribution in [1.29, 1.82) is 0 Å². The van der Waals surface area contributed by atoms with Crippen LogP contribution in [-0.2, 0) is 16.6 Å². The maximum Gasteiger partial charge on any atom is 0.340 e. The molecule has 0 saturated carbocycles. The normalized spacial score (nSPS) is 10.5. The van der Waals surface area contributed by atoms with Crippen LogP contribution in [0.2, 0.25) is 0 Å². The second-order valence-electron chi connectivity index (χ2n) is 6.14. The highest BCUT2D eigenvalue weighted by Crippen LogP contribution is 2.19. The molecule has 30 heavy (non-hydrogen) atoms. The van der Waals surface area contributed by atoms with E-state index < -0.39 is 5.97 Å². The Bertz CT molecular complexity index is 1010. The fourth-order valence-electron chi connectivity index (χ4n) is 2.48.